The van der Waals surface area contributed by atoms with E-state index in [4.69, 9.17) is 9.47 Å². The second-order valence-electron chi connectivity index (χ2n) is 6.58. The summed E-state index contributed by atoms with van der Waals surface area (Å²) in [7, 11) is 0. The first kappa shape index (κ1) is 19.6. The Morgan fingerprint density at radius 3 is 2.61 bits per heavy atom. The summed E-state index contributed by atoms with van der Waals surface area (Å²) in [6.45, 7) is 1.91. The molecule has 0 bridgehead atoms. The molecule has 0 fully saturated rings. The number of carbonyl (C=O) groups excluding carboxylic acids is 3. The Balaban J connectivity index is 1.49. The van der Waals surface area contributed by atoms with Crippen LogP contribution in [0.25, 0.3) is 0 Å². The van der Waals surface area contributed by atoms with Crippen LogP contribution in [0.15, 0.2) is 48.5 Å². The lowest BCUT2D eigenvalue weighted by Gasteiger charge is -2.28. The number of aryl methyl sites for hydroxylation is 1. The lowest BCUT2D eigenvalue weighted by molar-refractivity contribution is -0.142. The maximum atomic E-state index is 12.2. The van der Waals surface area contributed by atoms with E-state index in [9.17, 15) is 14.4 Å². The maximum Gasteiger partial charge on any atom is 0.308 e. The van der Waals surface area contributed by atoms with Crippen molar-refractivity contribution in [1.82, 2.24) is 0 Å². The number of esters is 1. The van der Waals surface area contributed by atoms with E-state index < -0.39 is 5.97 Å². The molecule has 0 spiro atoms. The lowest BCUT2D eigenvalue weighted by Crippen LogP contribution is -2.40. The fourth-order valence-corrected chi connectivity index (χ4v) is 3.05. The minimum Gasteiger partial charge on any atom is -0.482 e. The lowest BCUT2D eigenvalue weighted by atomic mass is 10.1. The first-order valence-electron chi connectivity index (χ1n) is 9.38. The van der Waals surface area contributed by atoms with Crippen molar-refractivity contribution in [2.45, 2.75) is 26.2 Å². The van der Waals surface area contributed by atoms with Crippen LogP contribution in [0, 0.1) is 0 Å². The molecule has 0 N–H and O–H groups in total. The summed E-state index contributed by atoms with van der Waals surface area (Å²) < 4.78 is 10.5. The van der Waals surface area contributed by atoms with Gasteiger partial charge in [0.25, 0.3) is 5.91 Å². The van der Waals surface area contributed by atoms with Gasteiger partial charge in [0.2, 0.25) is 0 Å². The number of fused-ring (bicyclic) bond motifs is 1. The van der Waals surface area contributed by atoms with Crippen LogP contribution < -0.4 is 9.64 Å². The third-order valence-electron chi connectivity index (χ3n) is 4.53. The first-order valence-corrected chi connectivity index (χ1v) is 9.38. The molecule has 1 aliphatic rings. The van der Waals surface area contributed by atoms with Crippen LogP contribution in [-0.4, -0.2) is 37.4 Å². The number of amides is 1. The Bertz CT molecular complexity index is 859. The molecule has 0 atom stereocenters. The van der Waals surface area contributed by atoms with Crippen LogP contribution in [0.5, 0.6) is 5.75 Å². The van der Waals surface area contributed by atoms with E-state index in [-0.39, 0.29) is 37.9 Å². The predicted molar refractivity (Wildman–Crippen MR) is 105 cm³/mol. The summed E-state index contributed by atoms with van der Waals surface area (Å²) >= 11 is 0. The van der Waals surface area contributed by atoms with E-state index >= 15 is 0 Å². The number of ketones is 1. The molecule has 1 heterocycles. The Morgan fingerprint density at radius 2 is 1.86 bits per heavy atom. The summed E-state index contributed by atoms with van der Waals surface area (Å²) in [5.41, 5.74) is 2.33. The largest absolute Gasteiger partial charge is 0.482 e. The number of rotatable bonds is 8. The molecule has 0 radical (unpaired) electrons. The Morgan fingerprint density at radius 1 is 1.11 bits per heavy atom. The van der Waals surface area contributed by atoms with Crippen LogP contribution in [0.3, 0.4) is 0 Å². The van der Waals surface area contributed by atoms with Crippen molar-refractivity contribution in [3.05, 3.63) is 59.7 Å². The molecular formula is C22H23NO5. The standard InChI is InChI=1S/C22H23NO5/c1-2-5-16-8-10-17(11-9-16)19(24)14-28-22(26)12-13-23-18-6-3-4-7-20(18)27-15-21(23)25/h3-4,6-11H,2,5,12-15H2,1H3. The van der Waals surface area contributed by atoms with Gasteiger partial charge in [0.1, 0.15) is 5.75 Å². The zero-order chi connectivity index (χ0) is 19.9. The molecule has 146 valence electrons. The van der Waals surface area contributed by atoms with Gasteiger partial charge in [0.05, 0.1) is 12.1 Å². The summed E-state index contributed by atoms with van der Waals surface area (Å²) in [4.78, 5) is 37.8. The van der Waals surface area contributed by atoms with Crippen molar-refractivity contribution >= 4 is 23.3 Å². The second-order valence-corrected chi connectivity index (χ2v) is 6.58. The molecular weight excluding hydrogens is 358 g/mol. The molecule has 0 aliphatic carbocycles. The fourth-order valence-electron chi connectivity index (χ4n) is 3.05. The van der Waals surface area contributed by atoms with Crippen molar-refractivity contribution in [3.63, 3.8) is 0 Å². The average molecular weight is 381 g/mol. The normalized spacial score (nSPS) is 12.9. The molecule has 1 amide bonds. The molecule has 28 heavy (non-hydrogen) atoms. The molecule has 6 nitrogen and oxygen atoms in total. The maximum absolute atomic E-state index is 12.2. The quantitative estimate of drug-likeness (QED) is 0.519. The Labute approximate surface area is 164 Å². The van der Waals surface area contributed by atoms with Crippen molar-refractivity contribution in [2.75, 3.05) is 24.7 Å². The molecule has 2 aromatic rings. The third-order valence-corrected chi connectivity index (χ3v) is 4.53. The number of anilines is 1. The van der Waals surface area contributed by atoms with Gasteiger partial charge >= 0.3 is 5.97 Å². The van der Waals surface area contributed by atoms with Gasteiger partial charge in [-0.2, -0.15) is 0 Å². The van der Waals surface area contributed by atoms with E-state index in [0.29, 0.717) is 17.0 Å². The molecule has 3 rings (SSSR count). The van der Waals surface area contributed by atoms with Gasteiger partial charge in [-0.3, -0.25) is 14.4 Å². The van der Waals surface area contributed by atoms with Gasteiger partial charge < -0.3 is 14.4 Å². The van der Waals surface area contributed by atoms with Crippen molar-refractivity contribution < 1.29 is 23.9 Å². The van der Waals surface area contributed by atoms with E-state index in [1.54, 1.807) is 30.3 Å². The number of carbonyl (C=O) groups is 3. The van der Waals surface area contributed by atoms with Crippen LogP contribution >= 0.6 is 0 Å². The number of hydrogen-bond acceptors (Lipinski definition) is 5. The number of hydrogen-bond donors (Lipinski definition) is 0. The molecule has 0 saturated carbocycles. The Kier molecular flexibility index (Phi) is 6.42. The van der Waals surface area contributed by atoms with Gasteiger partial charge in [-0.1, -0.05) is 49.7 Å². The number of ether oxygens (including phenoxy) is 2. The van der Waals surface area contributed by atoms with Crippen LogP contribution in [0.4, 0.5) is 5.69 Å². The van der Waals surface area contributed by atoms with Crippen molar-refractivity contribution in [3.8, 4) is 5.75 Å². The SMILES string of the molecule is CCCc1ccc(C(=O)COC(=O)CCN2C(=O)COc3ccccc32)cc1. The van der Waals surface area contributed by atoms with Gasteiger partial charge in [0.15, 0.2) is 19.0 Å². The molecule has 0 saturated heterocycles. The highest BCUT2D eigenvalue weighted by atomic mass is 16.5. The highest BCUT2D eigenvalue weighted by molar-refractivity contribution is 5.99. The van der Waals surface area contributed by atoms with Gasteiger partial charge in [-0.15, -0.1) is 0 Å². The van der Waals surface area contributed by atoms with Crippen molar-refractivity contribution in [2.24, 2.45) is 0 Å². The van der Waals surface area contributed by atoms with Crippen LogP contribution in [0.1, 0.15) is 35.7 Å². The molecule has 6 heteroatoms. The summed E-state index contributed by atoms with van der Waals surface area (Å²) in [6, 6.07) is 14.5. The van der Waals surface area contributed by atoms with Crippen LogP contribution in [0.2, 0.25) is 0 Å². The second kappa shape index (κ2) is 9.17. The number of para-hydroxylation sites is 2. The van der Waals surface area contributed by atoms with E-state index in [0.717, 1.165) is 12.8 Å². The minimum absolute atomic E-state index is 0.00277. The third kappa shape index (κ3) is 4.76. The molecule has 0 aromatic heterocycles. The highest BCUT2D eigenvalue weighted by Gasteiger charge is 2.25. The molecule has 0 unspecified atom stereocenters. The predicted octanol–water partition coefficient (Wildman–Crippen LogP) is 3.18. The number of benzene rings is 2. The van der Waals surface area contributed by atoms with Crippen LogP contribution in [-0.2, 0) is 20.7 Å². The van der Waals surface area contributed by atoms with E-state index in [2.05, 4.69) is 6.92 Å². The smallest absolute Gasteiger partial charge is 0.308 e. The number of nitrogens with zero attached hydrogens (tertiary/aromatic N) is 1. The topological polar surface area (TPSA) is 72.9 Å². The summed E-state index contributed by atoms with van der Waals surface area (Å²) in [5.74, 6) is -0.371. The van der Waals surface area contributed by atoms with Crippen molar-refractivity contribution in [1.29, 1.82) is 0 Å². The first-order chi connectivity index (χ1) is 13.6. The zero-order valence-electron chi connectivity index (χ0n) is 15.8. The molecule has 1 aliphatic heterocycles. The number of Topliss-reactive ketones (excluding diaryl/α,β-unsaturated/α-hetero) is 1. The van der Waals surface area contributed by atoms with Gasteiger partial charge in [0, 0.05) is 12.1 Å². The zero-order valence-corrected chi connectivity index (χ0v) is 15.8. The monoisotopic (exact) mass is 381 g/mol. The van der Waals surface area contributed by atoms with Gasteiger partial charge in [-0.25, -0.2) is 0 Å². The summed E-state index contributed by atoms with van der Waals surface area (Å²) in [6.07, 6.45) is 2.01. The average Bonchev–Trinajstić information content (AvgIpc) is 2.72. The van der Waals surface area contributed by atoms with E-state index in [1.165, 1.54) is 10.5 Å². The highest BCUT2D eigenvalue weighted by Crippen LogP contribution is 2.31. The van der Waals surface area contributed by atoms with Gasteiger partial charge in [-0.05, 0) is 24.1 Å². The summed E-state index contributed by atoms with van der Waals surface area (Å²) in [5, 5.41) is 0. The van der Waals surface area contributed by atoms with E-state index in [1.807, 2.05) is 18.2 Å². The molecule has 2 aromatic carbocycles. The Hall–Kier alpha value is -3.15. The minimum atomic E-state index is -0.521. The fraction of sp³-hybridized carbons (Fsp3) is 0.318.